The SMILES string of the molecule is Cl.Fc1cccc(CNC2=N[C@@H](c3ccccc3Cl)[C@@H](c3ccccc3Cl)N2)c1. The van der Waals surface area contributed by atoms with Crippen molar-refractivity contribution in [1.29, 1.82) is 0 Å². The Hall–Kier alpha value is -2.27. The van der Waals surface area contributed by atoms with Crippen molar-refractivity contribution in [1.82, 2.24) is 10.6 Å². The standard InChI is InChI=1S/C22H18Cl2FN3.ClH/c23-18-10-3-1-8-16(18)20-21(17-9-2-4-11-19(17)24)28-22(27-20)26-13-14-6-5-7-15(25)12-14;/h1-12,20-21H,13H2,(H2,26,27,28);1H/t20-,21+;. The molecule has 2 atom stereocenters. The smallest absolute Gasteiger partial charge is 0.192 e. The predicted molar refractivity (Wildman–Crippen MR) is 119 cm³/mol. The van der Waals surface area contributed by atoms with Crippen molar-refractivity contribution in [3.8, 4) is 0 Å². The van der Waals surface area contributed by atoms with E-state index in [1.807, 2.05) is 54.6 Å². The zero-order chi connectivity index (χ0) is 19.5. The van der Waals surface area contributed by atoms with Crippen LogP contribution in [-0.2, 0) is 6.54 Å². The topological polar surface area (TPSA) is 36.4 Å². The highest BCUT2D eigenvalue weighted by molar-refractivity contribution is 6.32. The van der Waals surface area contributed by atoms with Crippen molar-refractivity contribution < 1.29 is 4.39 Å². The summed E-state index contributed by atoms with van der Waals surface area (Å²) in [4.78, 5) is 4.81. The molecule has 0 fully saturated rings. The van der Waals surface area contributed by atoms with E-state index in [0.29, 0.717) is 22.5 Å². The summed E-state index contributed by atoms with van der Waals surface area (Å²) < 4.78 is 13.4. The van der Waals surface area contributed by atoms with Crippen molar-refractivity contribution in [3.63, 3.8) is 0 Å². The Morgan fingerprint density at radius 2 is 1.55 bits per heavy atom. The molecule has 1 heterocycles. The zero-order valence-electron chi connectivity index (χ0n) is 15.3. The van der Waals surface area contributed by atoms with Gasteiger partial charge in [-0.05, 0) is 41.0 Å². The Morgan fingerprint density at radius 1 is 0.897 bits per heavy atom. The molecule has 2 N–H and O–H groups in total. The van der Waals surface area contributed by atoms with Crippen molar-refractivity contribution in [2.45, 2.75) is 18.6 Å². The van der Waals surface area contributed by atoms with Gasteiger partial charge in [0, 0.05) is 16.6 Å². The molecule has 0 spiro atoms. The highest BCUT2D eigenvalue weighted by atomic mass is 35.5. The van der Waals surface area contributed by atoms with Crippen LogP contribution in [0.5, 0.6) is 0 Å². The van der Waals surface area contributed by atoms with Gasteiger partial charge in [-0.2, -0.15) is 0 Å². The zero-order valence-corrected chi connectivity index (χ0v) is 17.6. The van der Waals surface area contributed by atoms with Gasteiger partial charge < -0.3 is 10.6 Å². The fraction of sp³-hybridized carbons (Fsp3) is 0.136. The quantitative estimate of drug-likeness (QED) is 0.505. The van der Waals surface area contributed by atoms with E-state index in [1.165, 1.54) is 12.1 Å². The van der Waals surface area contributed by atoms with Crippen LogP contribution in [0.15, 0.2) is 77.8 Å². The summed E-state index contributed by atoms with van der Waals surface area (Å²) in [7, 11) is 0. The fourth-order valence-electron chi connectivity index (χ4n) is 3.35. The molecule has 0 radical (unpaired) electrons. The van der Waals surface area contributed by atoms with E-state index in [-0.39, 0.29) is 30.3 Å². The van der Waals surface area contributed by atoms with E-state index in [0.717, 1.165) is 16.7 Å². The molecular weight excluding hydrogens is 432 g/mol. The summed E-state index contributed by atoms with van der Waals surface area (Å²) in [5.74, 6) is 0.364. The number of halogens is 4. The molecule has 0 saturated heterocycles. The molecular formula is C22H19Cl3FN3. The van der Waals surface area contributed by atoms with E-state index < -0.39 is 0 Å². The van der Waals surface area contributed by atoms with Crippen LogP contribution in [0.1, 0.15) is 28.8 Å². The molecule has 29 heavy (non-hydrogen) atoms. The summed E-state index contributed by atoms with van der Waals surface area (Å²) in [6.07, 6.45) is 0. The van der Waals surface area contributed by atoms with Crippen molar-refractivity contribution in [2.24, 2.45) is 4.99 Å². The van der Waals surface area contributed by atoms with E-state index in [9.17, 15) is 4.39 Å². The molecule has 1 aliphatic heterocycles. The Morgan fingerprint density at radius 3 is 2.21 bits per heavy atom. The van der Waals surface area contributed by atoms with Crippen molar-refractivity contribution in [2.75, 3.05) is 0 Å². The molecule has 7 heteroatoms. The second-order valence-corrected chi connectivity index (χ2v) is 7.39. The third kappa shape index (κ3) is 4.84. The molecule has 0 unspecified atom stereocenters. The number of benzene rings is 3. The Balaban J connectivity index is 0.00000240. The van der Waals surface area contributed by atoms with Gasteiger partial charge in [0.15, 0.2) is 5.96 Å². The van der Waals surface area contributed by atoms with Crippen LogP contribution >= 0.6 is 35.6 Å². The molecule has 1 aliphatic rings. The third-order valence-electron chi connectivity index (χ3n) is 4.69. The van der Waals surface area contributed by atoms with Crippen LogP contribution in [0.4, 0.5) is 4.39 Å². The lowest BCUT2D eigenvalue weighted by Gasteiger charge is -2.21. The predicted octanol–water partition coefficient (Wildman–Crippen LogP) is 6.09. The maximum Gasteiger partial charge on any atom is 0.192 e. The molecule has 3 aromatic carbocycles. The number of nitrogens with zero attached hydrogens (tertiary/aromatic N) is 1. The van der Waals surface area contributed by atoms with Crippen molar-refractivity contribution >= 4 is 41.6 Å². The minimum Gasteiger partial charge on any atom is -0.352 e. The third-order valence-corrected chi connectivity index (χ3v) is 5.38. The first kappa shape index (κ1) is 21.4. The molecule has 0 amide bonds. The van der Waals surface area contributed by atoms with Crippen LogP contribution in [-0.4, -0.2) is 5.96 Å². The van der Waals surface area contributed by atoms with Gasteiger partial charge in [-0.1, -0.05) is 71.7 Å². The molecule has 0 saturated carbocycles. The Kier molecular flexibility index (Phi) is 7.01. The lowest BCUT2D eigenvalue weighted by Crippen LogP contribution is -2.35. The van der Waals surface area contributed by atoms with E-state index in [4.69, 9.17) is 28.2 Å². The normalized spacial score (nSPS) is 17.8. The number of rotatable bonds is 4. The number of nitrogens with one attached hydrogen (secondary N) is 2. The molecule has 150 valence electrons. The van der Waals surface area contributed by atoms with Crippen molar-refractivity contribution in [3.05, 3.63) is 105 Å². The lowest BCUT2D eigenvalue weighted by atomic mass is 9.95. The van der Waals surface area contributed by atoms with Gasteiger partial charge in [0.25, 0.3) is 0 Å². The summed E-state index contributed by atoms with van der Waals surface area (Å²) in [5, 5.41) is 7.98. The second kappa shape index (κ2) is 9.49. The van der Waals surface area contributed by atoms with Gasteiger partial charge >= 0.3 is 0 Å². The molecule has 3 nitrogen and oxygen atoms in total. The number of hydrogen-bond acceptors (Lipinski definition) is 3. The van der Waals surface area contributed by atoms with E-state index in [1.54, 1.807) is 6.07 Å². The maximum absolute atomic E-state index is 13.4. The molecule has 0 bridgehead atoms. The molecule has 0 aromatic heterocycles. The first-order chi connectivity index (χ1) is 13.6. The summed E-state index contributed by atoms with van der Waals surface area (Å²) in [6, 6.07) is 21.4. The number of aliphatic imine (C=N–C) groups is 1. The monoisotopic (exact) mass is 449 g/mol. The Bertz CT molecular complexity index is 1030. The minimum absolute atomic E-state index is 0. The minimum atomic E-state index is -0.261. The van der Waals surface area contributed by atoms with Gasteiger partial charge in [-0.15, -0.1) is 12.4 Å². The van der Waals surface area contributed by atoms with E-state index in [2.05, 4.69) is 10.6 Å². The molecule has 3 aromatic rings. The summed E-state index contributed by atoms with van der Waals surface area (Å²) >= 11 is 12.9. The van der Waals surface area contributed by atoms with Crippen LogP contribution in [0.2, 0.25) is 10.0 Å². The van der Waals surface area contributed by atoms with Crippen LogP contribution in [0, 0.1) is 5.82 Å². The van der Waals surface area contributed by atoms with Gasteiger partial charge in [0.2, 0.25) is 0 Å². The molecule has 4 rings (SSSR count). The van der Waals surface area contributed by atoms with Gasteiger partial charge in [0.05, 0.1) is 6.04 Å². The summed E-state index contributed by atoms with van der Waals surface area (Å²) in [6.45, 7) is 0.452. The van der Waals surface area contributed by atoms with E-state index >= 15 is 0 Å². The fourth-order valence-corrected chi connectivity index (χ4v) is 3.85. The first-order valence-corrected chi connectivity index (χ1v) is 9.69. The van der Waals surface area contributed by atoms with Gasteiger partial charge in [0.1, 0.15) is 11.9 Å². The lowest BCUT2D eigenvalue weighted by molar-refractivity contribution is 0.570. The van der Waals surface area contributed by atoms with Crippen LogP contribution in [0.3, 0.4) is 0 Å². The average molecular weight is 451 g/mol. The second-order valence-electron chi connectivity index (χ2n) is 6.57. The maximum atomic E-state index is 13.4. The van der Waals surface area contributed by atoms with Gasteiger partial charge in [-0.25, -0.2) is 9.38 Å². The average Bonchev–Trinajstić information content (AvgIpc) is 3.11. The number of guanidine groups is 1. The van der Waals surface area contributed by atoms with Gasteiger partial charge in [-0.3, -0.25) is 0 Å². The van der Waals surface area contributed by atoms with Crippen LogP contribution < -0.4 is 10.6 Å². The largest absolute Gasteiger partial charge is 0.352 e. The Labute approximate surface area is 185 Å². The molecule has 0 aliphatic carbocycles. The number of hydrogen-bond donors (Lipinski definition) is 2. The highest BCUT2D eigenvalue weighted by Gasteiger charge is 2.33. The first-order valence-electron chi connectivity index (χ1n) is 8.93. The highest BCUT2D eigenvalue weighted by Crippen LogP contribution is 2.40. The summed E-state index contributed by atoms with van der Waals surface area (Å²) in [5.41, 5.74) is 2.70. The van der Waals surface area contributed by atoms with Crippen LogP contribution in [0.25, 0.3) is 0 Å².